The van der Waals surface area contributed by atoms with Crippen LogP contribution in [0.4, 0.5) is 10.1 Å². The maximum atomic E-state index is 13.5. The topological polar surface area (TPSA) is 98.3 Å². The number of aliphatic hydroxyl groups is 1. The van der Waals surface area contributed by atoms with E-state index in [1.807, 2.05) is 29.3 Å². The summed E-state index contributed by atoms with van der Waals surface area (Å²) in [7, 11) is 0. The lowest BCUT2D eigenvalue weighted by Gasteiger charge is -2.38. The van der Waals surface area contributed by atoms with E-state index in [4.69, 9.17) is 15.0 Å². The number of aromatic nitrogens is 1. The molecule has 2 aliphatic rings. The number of aromatic carboxylic acids is 1. The van der Waals surface area contributed by atoms with Gasteiger partial charge in [0.2, 0.25) is 0 Å². The van der Waals surface area contributed by atoms with Gasteiger partial charge in [0.15, 0.2) is 0 Å². The van der Waals surface area contributed by atoms with Crippen molar-refractivity contribution in [1.29, 1.82) is 0 Å². The molecular weight excluding hydrogens is 477 g/mol. The van der Waals surface area contributed by atoms with Crippen molar-refractivity contribution in [3.8, 4) is 11.1 Å². The van der Waals surface area contributed by atoms with Gasteiger partial charge in [0.05, 0.1) is 17.8 Å². The number of fused-ring (bicyclic) bond motifs is 1. The van der Waals surface area contributed by atoms with Gasteiger partial charge < -0.3 is 15.2 Å². The third-order valence-electron chi connectivity index (χ3n) is 7.36. The number of aromatic amines is 1. The Morgan fingerprint density at radius 1 is 1.03 bits per heavy atom. The van der Waals surface area contributed by atoms with Crippen LogP contribution >= 0.6 is 0 Å². The SMILES string of the molecule is O=C(O)c1ccc(N2CC3(CCN(C(O)c4c[nH]c5cccc(-c6ccc(F)cc6)c45)CC3)OO2)cc1. The second kappa shape index (κ2) is 9.28. The summed E-state index contributed by atoms with van der Waals surface area (Å²) in [6.07, 6.45) is 2.32. The molecule has 2 saturated heterocycles. The van der Waals surface area contributed by atoms with E-state index in [2.05, 4.69) is 4.98 Å². The second-order valence-corrected chi connectivity index (χ2v) is 9.62. The first-order chi connectivity index (χ1) is 17.9. The molecule has 0 amide bonds. The zero-order valence-electron chi connectivity index (χ0n) is 19.9. The minimum absolute atomic E-state index is 0.209. The number of anilines is 1. The molecule has 0 radical (unpaired) electrons. The highest BCUT2D eigenvalue weighted by Crippen LogP contribution is 2.39. The lowest BCUT2D eigenvalue weighted by atomic mass is 9.90. The Morgan fingerprint density at radius 3 is 2.46 bits per heavy atom. The summed E-state index contributed by atoms with van der Waals surface area (Å²) in [5, 5.41) is 23.1. The van der Waals surface area contributed by atoms with Crippen LogP contribution in [-0.2, 0) is 9.88 Å². The minimum Gasteiger partial charge on any atom is -0.478 e. The molecule has 3 aromatic carbocycles. The maximum Gasteiger partial charge on any atom is 0.335 e. The summed E-state index contributed by atoms with van der Waals surface area (Å²) < 4.78 is 13.5. The fourth-order valence-corrected chi connectivity index (χ4v) is 5.24. The summed E-state index contributed by atoms with van der Waals surface area (Å²) in [6, 6.07) is 18.7. The Balaban J connectivity index is 1.17. The van der Waals surface area contributed by atoms with E-state index < -0.39 is 17.8 Å². The van der Waals surface area contributed by atoms with E-state index >= 15 is 0 Å². The van der Waals surface area contributed by atoms with Crippen molar-refractivity contribution in [1.82, 2.24) is 9.88 Å². The van der Waals surface area contributed by atoms with Crippen LogP contribution in [0.5, 0.6) is 0 Å². The molecule has 0 bridgehead atoms. The molecule has 0 saturated carbocycles. The lowest BCUT2D eigenvalue weighted by Crippen LogP contribution is -2.47. The van der Waals surface area contributed by atoms with Crippen molar-refractivity contribution in [2.45, 2.75) is 24.7 Å². The van der Waals surface area contributed by atoms with Crippen LogP contribution in [0.25, 0.3) is 22.0 Å². The van der Waals surface area contributed by atoms with Gasteiger partial charge in [-0.25, -0.2) is 19.1 Å². The third-order valence-corrected chi connectivity index (χ3v) is 7.36. The summed E-state index contributed by atoms with van der Waals surface area (Å²) in [6.45, 7) is 1.70. The molecule has 1 aromatic heterocycles. The van der Waals surface area contributed by atoms with Gasteiger partial charge >= 0.3 is 5.97 Å². The van der Waals surface area contributed by atoms with Gasteiger partial charge in [-0.2, -0.15) is 0 Å². The number of likely N-dealkylation sites (tertiary alicyclic amines) is 1. The number of benzene rings is 3. The number of nitrogens with zero attached hydrogens (tertiary/aromatic N) is 2. The van der Waals surface area contributed by atoms with Gasteiger partial charge in [-0.15, -0.1) is 4.99 Å². The number of nitrogens with one attached hydrogen (secondary N) is 1. The van der Waals surface area contributed by atoms with E-state index in [1.165, 1.54) is 24.3 Å². The van der Waals surface area contributed by atoms with Crippen molar-refractivity contribution in [2.75, 3.05) is 24.7 Å². The number of aliphatic hydroxyl groups excluding tert-OH is 1. The lowest BCUT2D eigenvalue weighted by molar-refractivity contribution is -0.323. The number of hydrogen-bond acceptors (Lipinski definition) is 6. The van der Waals surface area contributed by atoms with Crippen LogP contribution < -0.4 is 5.06 Å². The summed E-state index contributed by atoms with van der Waals surface area (Å²) in [5.41, 5.74) is 3.90. The number of hydroxylamine groups is 1. The zero-order valence-corrected chi connectivity index (χ0v) is 19.9. The highest BCUT2D eigenvalue weighted by molar-refractivity contribution is 5.98. The molecule has 2 fully saturated rings. The number of halogens is 1. The Labute approximate surface area is 212 Å². The minimum atomic E-state index is -0.979. The normalized spacial score (nSPS) is 18.5. The summed E-state index contributed by atoms with van der Waals surface area (Å²) >= 11 is 0. The zero-order chi connectivity index (χ0) is 25.6. The van der Waals surface area contributed by atoms with Gasteiger partial charge in [-0.1, -0.05) is 24.3 Å². The molecule has 4 aromatic rings. The van der Waals surface area contributed by atoms with Crippen LogP contribution in [0.3, 0.4) is 0 Å². The molecule has 8 nitrogen and oxygen atoms in total. The number of carboxylic acids is 1. The monoisotopic (exact) mass is 503 g/mol. The van der Waals surface area contributed by atoms with Crippen molar-refractivity contribution >= 4 is 22.6 Å². The molecule has 0 aliphatic carbocycles. The molecule has 6 rings (SSSR count). The van der Waals surface area contributed by atoms with Gasteiger partial charge in [-0.05, 0) is 66.4 Å². The molecule has 1 spiro atoms. The fraction of sp³-hybridized carbons (Fsp3) is 0.250. The highest BCUT2D eigenvalue weighted by atomic mass is 19.1. The molecule has 3 N–H and O–H groups in total. The van der Waals surface area contributed by atoms with Gasteiger partial charge in [0.1, 0.15) is 17.6 Å². The van der Waals surface area contributed by atoms with Gasteiger partial charge in [0.25, 0.3) is 0 Å². The molecule has 9 heteroatoms. The van der Waals surface area contributed by atoms with Crippen LogP contribution in [0.15, 0.2) is 72.9 Å². The van der Waals surface area contributed by atoms with Crippen molar-refractivity contribution < 1.29 is 29.3 Å². The molecule has 190 valence electrons. The molecule has 1 atom stereocenters. The standard InChI is InChI=1S/C28H26FN3O5/c29-20-8-4-18(5-9-20)22-2-1-3-24-25(22)23(16-30-24)26(33)31-14-12-28(13-15-31)17-32(37-36-28)21-10-6-19(7-11-21)27(34)35/h1-11,16,26,30,33H,12-15,17H2,(H,34,35). The highest BCUT2D eigenvalue weighted by Gasteiger charge is 2.45. The second-order valence-electron chi connectivity index (χ2n) is 9.62. The Morgan fingerprint density at radius 2 is 1.76 bits per heavy atom. The van der Waals surface area contributed by atoms with E-state index in [9.17, 15) is 14.3 Å². The number of carbonyl (C=O) groups is 1. The average molecular weight is 504 g/mol. The first-order valence-corrected chi connectivity index (χ1v) is 12.2. The number of hydrogen-bond donors (Lipinski definition) is 3. The van der Waals surface area contributed by atoms with Gasteiger partial charge in [-0.3, -0.25) is 4.90 Å². The number of rotatable bonds is 5. The predicted molar refractivity (Wildman–Crippen MR) is 135 cm³/mol. The van der Waals surface area contributed by atoms with Crippen LogP contribution in [-0.4, -0.2) is 51.3 Å². The van der Waals surface area contributed by atoms with E-state index in [1.54, 1.807) is 29.3 Å². The average Bonchev–Trinajstić information content (AvgIpc) is 3.54. The van der Waals surface area contributed by atoms with Crippen LogP contribution in [0.1, 0.15) is 35.0 Å². The largest absolute Gasteiger partial charge is 0.478 e. The van der Waals surface area contributed by atoms with E-state index in [0.717, 1.165) is 33.3 Å². The summed E-state index contributed by atoms with van der Waals surface area (Å²) in [5.74, 6) is -1.27. The fourth-order valence-electron chi connectivity index (χ4n) is 5.24. The molecule has 37 heavy (non-hydrogen) atoms. The van der Waals surface area contributed by atoms with E-state index in [0.29, 0.717) is 32.5 Å². The van der Waals surface area contributed by atoms with Gasteiger partial charge in [0, 0.05) is 35.8 Å². The Kier molecular flexibility index (Phi) is 5.92. The van der Waals surface area contributed by atoms with Crippen molar-refractivity contribution in [3.05, 3.63) is 89.9 Å². The first-order valence-electron chi connectivity index (χ1n) is 12.2. The molecular formula is C28H26FN3O5. The maximum absolute atomic E-state index is 13.5. The molecule has 3 heterocycles. The molecule has 2 aliphatic heterocycles. The Hall–Kier alpha value is -3.76. The smallest absolute Gasteiger partial charge is 0.335 e. The Bertz CT molecular complexity index is 1430. The first kappa shape index (κ1) is 23.6. The third kappa shape index (κ3) is 4.36. The quantitative estimate of drug-likeness (QED) is 0.334. The van der Waals surface area contributed by atoms with Crippen molar-refractivity contribution in [2.24, 2.45) is 0 Å². The van der Waals surface area contributed by atoms with E-state index in [-0.39, 0.29) is 11.4 Å². The number of piperidine rings is 1. The van der Waals surface area contributed by atoms with Crippen LogP contribution in [0, 0.1) is 5.82 Å². The molecule has 1 unspecified atom stereocenters. The summed E-state index contributed by atoms with van der Waals surface area (Å²) in [4.78, 5) is 27.7. The van der Waals surface area contributed by atoms with Crippen LogP contribution in [0.2, 0.25) is 0 Å². The van der Waals surface area contributed by atoms with Crippen molar-refractivity contribution in [3.63, 3.8) is 0 Å². The number of carboxylic acid groups (broad SMARTS) is 1. The number of H-pyrrole nitrogens is 1. The predicted octanol–water partition coefficient (Wildman–Crippen LogP) is 4.88.